The van der Waals surface area contributed by atoms with E-state index in [2.05, 4.69) is 12.2 Å². The molecule has 1 amide bonds. The summed E-state index contributed by atoms with van der Waals surface area (Å²) >= 11 is 0. The molecule has 3 N–H and O–H groups in total. The Morgan fingerprint density at radius 3 is 1.61 bits per heavy atom. The Morgan fingerprint density at radius 2 is 1.22 bits per heavy atom. The number of likely N-dealkylation sites (N-methyl/N-ethyl adjacent to an activating group) is 2. The lowest BCUT2D eigenvalue weighted by Gasteiger charge is -2.29. The van der Waals surface area contributed by atoms with Crippen molar-refractivity contribution < 1.29 is 36.6 Å². The first-order chi connectivity index (χ1) is 16.6. The van der Waals surface area contributed by atoms with Gasteiger partial charge in [0.2, 0.25) is 5.91 Å². The zero-order valence-electron chi connectivity index (χ0n) is 24.1. The molecule has 9 nitrogen and oxygen atoms in total. The van der Waals surface area contributed by atoms with Gasteiger partial charge in [0.05, 0.1) is 60.6 Å². The van der Waals surface area contributed by atoms with Crippen LogP contribution in [0.3, 0.4) is 0 Å². The number of quaternary nitrogens is 2. The Bertz CT molecular complexity index is 676. The lowest BCUT2D eigenvalue weighted by Crippen LogP contribution is -2.46. The summed E-state index contributed by atoms with van der Waals surface area (Å²) in [5.41, 5.74) is 0. The average Bonchev–Trinajstić information content (AvgIpc) is 2.69. The highest BCUT2D eigenvalue weighted by molar-refractivity contribution is 7.85. The number of carboxylic acid groups (broad SMARTS) is 1. The molecular weight excluding hydrogens is 482 g/mol. The molecule has 0 aromatic rings. The van der Waals surface area contributed by atoms with Gasteiger partial charge in [-0.3, -0.25) is 9.35 Å². The Balaban J connectivity index is 0. The third-order valence-electron chi connectivity index (χ3n) is 5.82. The molecule has 0 aromatic heterocycles. The van der Waals surface area contributed by atoms with E-state index in [-0.39, 0.29) is 18.2 Å². The number of nitrogens with one attached hydrogen (secondary N) is 1. The second-order valence-electron chi connectivity index (χ2n) is 11.5. The van der Waals surface area contributed by atoms with Crippen molar-refractivity contribution in [2.24, 2.45) is 0 Å². The van der Waals surface area contributed by atoms with E-state index < -0.39 is 16.1 Å². The summed E-state index contributed by atoms with van der Waals surface area (Å²) < 4.78 is 31.4. The predicted octanol–water partition coefficient (Wildman–Crippen LogP) is 3.94. The topological polar surface area (TPSA) is 121 Å². The quantitative estimate of drug-likeness (QED) is 0.115. The van der Waals surface area contributed by atoms with Gasteiger partial charge in [0.1, 0.15) is 0 Å². The van der Waals surface area contributed by atoms with Crippen LogP contribution in [-0.4, -0.2) is 106 Å². The van der Waals surface area contributed by atoms with Gasteiger partial charge in [-0.25, -0.2) is 4.79 Å². The van der Waals surface area contributed by atoms with E-state index >= 15 is 0 Å². The van der Waals surface area contributed by atoms with Crippen molar-refractivity contribution >= 4 is 22.0 Å². The van der Waals surface area contributed by atoms with E-state index in [0.717, 1.165) is 19.4 Å². The highest BCUT2D eigenvalue weighted by atomic mass is 32.2. The normalized spacial score (nSPS) is 12.1. The molecule has 0 heterocycles. The minimum atomic E-state index is -3.89. The molecule has 0 fully saturated rings. The minimum absolute atomic E-state index is 0.105. The molecule has 0 aliphatic rings. The first kappa shape index (κ1) is 36.9. The molecule has 36 heavy (non-hydrogen) atoms. The molecule has 0 aliphatic heterocycles. The van der Waals surface area contributed by atoms with Crippen LogP contribution in [0, 0.1) is 0 Å². The number of hydrogen-bond acceptors (Lipinski definition) is 4. The van der Waals surface area contributed by atoms with Crippen LogP contribution in [0.2, 0.25) is 0 Å². The fourth-order valence-electron chi connectivity index (χ4n) is 3.73. The Labute approximate surface area is 221 Å². The van der Waals surface area contributed by atoms with Gasteiger partial charge in [0.25, 0.3) is 10.1 Å². The number of carbonyl (C=O) groups excluding carboxylic acids is 1. The zero-order chi connectivity index (χ0) is 28.1. The first-order valence-electron chi connectivity index (χ1n) is 13.6. The van der Waals surface area contributed by atoms with Crippen molar-refractivity contribution in [3.63, 3.8) is 0 Å². The summed E-state index contributed by atoms with van der Waals surface area (Å²) in [6.07, 6.45) is 15.1. The lowest BCUT2D eigenvalue weighted by molar-refractivity contribution is -0.889. The molecule has 0 unspecified atom stereocenters. The zero-order valence-corrected chi connectivity index (χ0v) is 24.9. The molecule has 0 aromatic carbocycles. The van der Waals surface area contributed by atoms with Crippen LogP contribution in [0.1, 0.15) is 90.4 Å². The van der Waals surface area contributed by atoms with Crippen LogP contribution >= 0.6 is 0 Å². The highest BCUT2D eigenvalue weighted by Gasteiger charge is 2.17. The van der Waals surface area contributed by atoms with E-state index in [9.17, 15) is 18.0 Å². The van der Waals surface area contributed by atoms with Crippen LogP contribution in [0.5, 0.6) is 0 Å². The smallest absolute Gasteiger partial charge is 0.359 e. The predicted molar refractivity (Wildman–Crippen MR) is 147 cm³/mol. The van der Waals surface area contributed by atoms with Gasteiger partial charge in [-0.05, 0) is 6.42 Å². The van der Waals surface area contributed by atoms with Gasteiger partial charge < -0.3 is 19.4 Å². The second-order valence-corrected chi connectivity index (χ2v) is 13.1. The number of rotatable bonds is 21. The number of nitrogens with zero attached hydrogens (tertiary/aromatic N) is 2. The fraction of sp³-hybridized carbons (Fsp3) is 0.923. The summed E-state index contributed by atoms with van der Waals surface area (Å²) in [6.45, 7) is 4.41. The molecule has 0 aliphatic carbocycles. The largest absolute Gasteiger partial charge is 0.477 e. The number of hydrogen-bond donors (Lipinski definition) is 3. The molecule has 0 atom stereocenters. The van der Waals surface area contributed by atoms with E-state index in [1.807, 2.05) is 35.2 Å². The molecule has 216 valence electrons. The van der Waals surface area contributed by atoms with Gasteiger partial charge in [0, 0.05) is 12.8 Å². The number of carbonyl (C=O) groups is 2. The Kier molecular flexibility index (Phi) is 21.3. The molecule has 0 bridgehead atoms. The lowest BCUT2D eigenvalue weighted by atomic mass is 10.1. The van der Waals surface area contributed by atoms with Crippen LogP contribution in [0.4, 0.5) is 0 Å². The number of aliphatic carboxylic acids is 1. The Morgan fingerprint density at radius 1 is 0.750 bits per heavy atom. The number of carboxylic acids is 1. The van der Waals surface area contributed by atoms with E-state index in [1.165, 1.54) is 57.8 Å². The van der Waals surface area contributed by atoms with Gasteiger partial charge in [0.15, 0.2) is 6.54 Å². The molecule has 0 saturated heterocycles. The van der Waals surface area contributed by atoms with Crippen molar-refractivity contribution in [1.82, 2.24) is 5.32 Å². The third-order valence-corrected chi connectivity index (χ3v) is 6.63. The average molecular weight is 540 g/mol. The summed E-state index contributed by atoms with van der Waals surface area (Å²) in [5.74, 6) is -0.855. The monoisotopic (exact) mass is 539 g/mol. The third kappa shape index (κ3) is 32.8. The summed E-state index contributed by atoms with van der Waals surface area (Å²) in [5, 5.41) is 11.2. The molecule has 0 saturated carbocycles. The van der Waals surface area contributed by atoms with Gasteiger partial charge in [-0.15, -0.1) is 0 Å². The molecule has 10 heteroatoms. The highest BCUT2D eigenvalue weighted by Crippen LogP contribution is 2.11. The van der Waals surface area contributed by atoms with Crippen molar-refractivity contribution in [1.29, 1.82) is 0 Å². The van der Waals surface area contributed by atoms with Crippen LogP contribution in [-0.2, 0) is 19.7 Å². The molecule has 0 radical (unpaired) electrons. The van der Waals surface area contributed by atoms with Crippen molar-refractivity contribution in [3.8, 4) is 0 Å². The van der Waals surface area contributed by atoms with Gasteiger partial charge >= 0.3 is 5.97 Å². The number of unbranched alkanes of at least 4 members (excludes halogenated alkanes) is 10. The molecule has 0 spiro atoms. The SMILES string of the molecule is CCCCCCCCCCCCCC(=O)NCC[N+](C)(C)CCCS(=O)(=O)O.C[N+](C)(C)CC(=O)O. The summed E-state index contributed by atoms with van der Waals surface area (Å²) in [6, 6.07) is 0. The minimum Gasteiger partial charge on any atom is -0.477 e. The standard InChI is InChI=1S/C21H44N2O4S.C5H11NO2/c1-4-5-6-7-8-9-10-11-12-13-14-16-21(24)22-17-19-23(2,3)18-15-20-28(25,26)27;1-6(2,3)4-5(7)8/h4-20H2,1-3H3,(H-,22,24,25,26,27);4H2,1-3H3/p+2. The van der Waals surface area contributed by atoms with Crippen LogP contribution in [0.25, 0.3) is 0 Å². The van der Waals surface area contributed by atoms with E-state index in [4.69, 9.17) is 9.66 Å². The van der Waals surface area contributed by atoms with Crippen molar-refractivity contribution in [2.45, 2.75) is 90.4 Å². The van der Waals surface area contributed by atoms with Crippen LogP contribution < -0.4 is 5.32 Å². The molecule has 0 rings (SSSR count). The first-order valence-corrected chi connectivity index (χ1v) is 15.2. The maximum Gasteiger partial charge on any atom is 0.359 e. The van der Waals surface area contributed by atoms with E-state index in [1.54, 1.807) is 0 Å². The van der Waals surface area contributed by atoms with Crippen molar-refractivity contribution in [2.75, 3.05) is 67.2 Å². The van der Waals surface area contributed by atoms with Gasteiger partial charge in [-0.2, -0.15) is 8.42 Å². The molecular formula is C26H57N3O6S+2. The maximum absolute atomic E-state index is 11.9. The maximum atomic E-state index is 11.9. The van der Waals surface area contributed by atoms with Gasteiger partial charge in [-0.1, -0.05) is 71.1 Å². The Hall–Kier alpha value is -1.23. The second kappa shape index (κ2) is 20.8. The van der Waals surface area contributed by atoms with Crippen LogP contribution in [0.15, 0.2) is 0 Å². The number of amides is 1. The fourth-order valence-corrected chi connectivity index (χ4v) is 4.22. The van der Waals surface area contributed by atoms with E-state index in [0.29, 0.717) is 34.9 Å². The summed E-state index contributed by atoms with van der Waals surface area (Å²) in [7, 11) is 5.64. The van der Waals surface area contributed by atoms with Crippen molar-refractivity contribution in [3.05, 3.63) is 0 Å². The summed E-state index contributed by atoms with van der Waals surface area (Å²) in [4.78, 5) is 21.9.